The Hall–Kier alpha value is -1.30. The fraction of sp³-hybridized carbons (Fsp3) is 0.524. The molecular weight excluding hydrogens is 296 g/mol. The third-order valence-corrected chi connectivity index (χ3v) is 6.94. The fourth-order valence-corrected chi connectivity index (χ4v) is 5.40. The molecule has 23 heavy (non-hydrogen) atoms. The highest BCUT2D eigenvalue weighted by Crippen LogP contribution is 2.45. The summed E-state index contributed by atoms with van der Waals surface area (Å²) in [6.07, 6.45) is 3.60. The van der Waals surface area contributed by atoms with E-state index in [-0.39, 0.29) is 11.0 Å². The Bertz CT molecular complexity index is 566. The monoisotopic (exact) mass is 328 g/mol. The molecule has 0 spiro atoms. The van der Waals surface area contributed by atoms with Crippen molar-refractivity contribution >= 4 is 8.07 Å². The van der Waals surface area contributed by atoms with E-state index >= 15 is 0 Å². The number of hydrogen-bond acceptors (Lipinski definition) is 1. The molecular formula is C21H32OSi. The van der Waals surface area contributed by atoms with Crippen LogP contribution in [-0.2, 0) is 6.42 Å². The Kier molecular flexibility index (Phi) is 6.45. The lowest BCUT2D eigenvalue weighted by Gasteiger charge is -2.45. The third kappa shape index (κ3) is 5.09. The Balaban J connectivity index is 3.00. The Morgan fingerprint density at radius 2 is 1.74 bits per heavy atom. The van der Waals surface area contributed by atoms with Gasteiger partial charge in [-0.1, -0.05) is 88.7 Å². The molecule has 0 aliphatic carbocycles. The fourth-order valence-electron chi connectivity index (χ4n) is 2.93. The molecule has 0 fully saturated rings. The first-order valence-corrected chi connectivity index (χ1v) is 12.0. The van der Waals surface area contributed by atoms with E-state index in [1.807, 2.05) is 24.3 Å². The summed E-state index contributed by atoms with van der Waals surface area (Å²) in [6.45, 7) is 17.0. The van der Waals surface area contributed by atoms with Crippen molar-refractivity contribution in [2.45, 2.75) is 64.4 Å². The maximum absolute atomic E-state index is 11.4. The normalized spacial score (nSPS) is 16.0. The summed E-state index contributed by atoms with van der Waals surface area (Å²) in [4.78, 5) is 0. The molecule has 0 saturated carbocycles. The molecule has 126 valence electrons. The van der Waals surface area contributed by atoms with Crippen molar-refractivity contribution in [3.05, 3.63) is 48.6 Å². The number of aryl methyl sites for hydroxylation is 1. The second-order valence-corrected chi connectivity index (χ2v) is 13.7. The molecule has 1 rings (SSSR count). The summed E-state index contributed by atoms with van der Waals surface area (Å²) in [5.41, 5.74) is -0.0206. The summed E-state index contributed by atoms with van der Waals surface area (Å²) < 4.78 is 0. The molecule has 0 saturated heterocycles. The lowest BCUT2D eigenvalue weighted by Crippen LogP contribution is -2.52. The predicted molar refractivity (Wildman–Crippen MR) is 104 cm³/mol. The predicted octanol–water partition coefficient (Wildman–Crippen LogP) is 5.29. The lowest BCUT2D eigenvalue weighted by molar-refractivity contribution is -0.00304. The smallest absolute Gasteiger partial charge is 0.134 e. The highest BCUT2D eigenvalue weighted by molar-refractivity contribution is 6.78. The molecule has 1 nitrogen and oxygen atoms in total. The molecule has 0 heterocycles. The van der Waals surface area contributed by atoms with Crippen LogP contribution in [0.4, 0.5) is 0 Å². The van der Waals surface area contributed by atoms with E-state index < -0.39 is 13.7 Å². The van der Waals surface area contributed by atoms with Gasteiger partial charge in [0, 0.05) is 17.4 Å². The Labute approximate surface area is 143 Å². The molecule has 1 aromatic rings. The molecule has 0 aromatic heterocycles. The van der Waals surface area contributed by atoms with Crippen LogP contribution in [0.15, 0.2) is 43.0 Å². The minimum absolute atomic E-state index is 0.0409. The van der Waals surface area contributed by atoms with Gasteiger partial charge in [-0.05, 0) is 12.0 Å². The van der Waals surface area contributed by atoms with Crippen molar-refractivity contribution in [2.75, 3.05) is 0 Å². The lowest BCUT2D eigenvalue weighted by atomic mass is 9.74. The molecule has 0 unspecified atom stereocenters. The van der Waals surface area contributed by atoms with E-state index in [1.165, 1.54) is 5.56 Å². The molecule has 0 radical (unpaired) electrons. The van der Waals surface area contributed by atoms with Gasteiger partial charge in [-0.15, -0.1) is 6.58 Å². The molecule has 0 aliphatic heterocycles. The average Bonchev–Trinajstić information content (AvgIpc) is 2.42. The van der Waals surface area contributed by atoms with Gasteiger partial charge in [-0.25, -0.2) is 0 Å². The van der Waals surface area contributed by atoms with Crippen molar-refractivity contribution in [2.24, 2.45) is 5.41 Å². The molecule has 2 atom stereocenters. The van der Waals surface area contributed by atoms with Gasteiger partial charge in [-0.3, -0.25) is 0 Å². The van der Waals surface area contributed by atoms with Crippen molar-refractivity contribution in [3.8, 4) is 11.8 Å². The topological polar surface area (TPSA) is 20.2 Å². The zero-order chi connectivity index (χ0) is 17.7. The first-order chi connectivity index (χ1) is 10.5. The summed E-state index contributed by atoms with van der Waals surface area (Å²) in [5, 5.41) is 11.4. The summed E-state index contributed by atoms with van der Waals surface area (Å²) in [5.74, 6) is 6.48. The quantitative estimate of drug-likeness (QED) is 0.442. The van der Waals surface area contributed by atoms with Gasteiger partial charge >= 0.3 is 0 Å². The summed E-state index contributed by atoms with van der Waals surface area (Å²) >= 11 is 0. The van der Waals surface area contributed by atoms with E-state index in [2.05, 4.69) is 71.0 Å². The van der Waals surface area contributed by atoms with Crippen molar-refractivity contribution in [3.63, 3.8) is 0 Å². The standard InChI is InChI=1S/C21H32OSi/c1-8-19(23(5,6)7)21(22,20(2,3)4)17-13-12-16-18-14-10-9-11-15-18/h8-11,14-15,19,22H,1,12,16H2,2-7H3/t19-,21-/m1/s1. The maximum atomic E-state index is 11.4. The maximum Gasteiger partial charge on any atom is 0.134 e. The molecule has 1 N–H and O–H groups in total. The van der Waals surface area contributed by atoms with E-state index in [9.17, 15) is 5.11 Å². The van der Waals surface area contributed by atoms with Crippen LogP contribution < -0.4 is 0 Å². The zero-order valence-electron chi connectivity index (χ0n) is 15.6. The van der Waals surface area contributed by atoms with Gasteiger partial charge in [0.15, 0.2) is 0 Å². The van der Waals surface area contributed by atoms with Gasteiger partial charge in [0.1, 0.15) is 5.60 Å². The number of benzene rings is 1. The second-order valence-electron chi connectivity index (χ2n) is 8.38. The van der Waals surface area contributed by atoms with E-state index in [4.69, 9.17) is 0 Å². The van der Waals surface area contributed by atoms with E-state index in [0.29, 0.717) is 0 Å². The molecule has 0 amide bonds. The molecule has 1 aromatic carbocycles. The largest absolute Gasteiger partial charge is 0.377 e. The van der Waals surface area contributed by atoms with Crippen LogP contribution in [0.25, 0.3) is 0 Å². The second kappa shape index (κ2) is 7.51. The van der Waals surface area contributed by atoms with Crippen LogP contribution in [0.2, 0.25) is 25.2 Å². The van der Waals surface area contributed by atoms with Gasteiger partial charge in [0.05, 0.1) is 8.07 Å². The first-order valence-electron chi connectivity index (χ1n) is 8.41. The van der Waals surface area contributed by atoms with Crippen molar-refractivity contribution in [1.29, 1.82) is 0 Å². The molecule has 0 aliphatic rings. The highest BCUT2D eigenvalue weighted by Gasteiger charge is 2.49. The van der Waals surface area contributed by atoms with Gasteiger partial charge in [-0.2, -0.15) is 0 Å². The Morgan fingerprint density at radius 3 is 2.17 bits per heavy atom. The number of hydrogen-bond donors (Lipinski definition) is 1. The number of aliphatic hydroxyl groups is 1. The Morgan fingerprint density at radius 1 is 1.17 bits per heavy atom. The van der Waals surface area contributed by atoms with E-state index in [1.54, 1.807) is 0 Å². The minimum atomic E-state index is -1.63. The van der Waals surface area contributed by atoms with Crippen LogP contribution >= 0.6 is 0 Å². The summed E-state index contributed by atoms with van der Waals surface area (Å²) in [7, 11) is -1.63. The van der Waals surface area contributed by atoms with Crippen LogP contribution in [0, 0.1) is 17.3 Å². The van der Waals surface area contributed by atoms with Gasteiger partial charge in [0.25, 0.3) is 0 Å². The summed E-state index contributed by atoms with van der Waals surface area (Å²) in [6, 6.07) is 10.4. The number of rotatable bonds is 5. The van der Waals surface area contributed by atoms with Crippen molar-refractivity contribution in [1.82, 2.24) is 0 Å². The van der Waals surface area contributed by atoms with Crippen molar-refractivity contribution < 1.29 is 5.11 Å². The van der Waals surface area contributed by atoms with Gasteiger partial charge < -0.3 is 5.11 Å². The third-order valence-electron chi connectivity index (χ3n) is 4.42. The zero-order valence-corrected chi connectivity index (χ0v) is 16.6. The van der Waals surface area contributed by atoms with Crippen LogP contribution in [0.3, 0.4) is 0 Å². The SMILES string of the molecule is C=C[C@H]([C@](O)(C#CCCc1ccccc1)C(C)(C)C)[Si](C)(C)C. The molecule has 2 heteroatoms. The van der Waals surface area contributed by atoms with E-state index in [0.717, 1.165) is 12.8 Å². The van der Waals surface area contributed by atoms with Crippen LogP contribution in [0.1, 0.15) is 32.8 Å². The highest BCUT2D eigenvalue weighted by atomic mass is 28.3. The first kappa shape index (κ1) is 19.7. The minimum Gasteiger partial charge on any atom is -0.377 e. The molecule has 0 bridgehead atoms. The van der Waals surface area contributed by atoms with Gasteiger partial charge in [0.2, 0.25) is 0 Å². The van der Waals surface area contributed by atoms with Crippen LogP contribution in [-0.4, -0.2) is 18.8 Å². The van der Waals surface area contributed by atoms with Crippen LogP contribution in [0.5, 0.6) is 0 Å². The average molecular weight is 329 g/mol.